The molecule has 1 amide bonds. The lowest BCUT2D eigenvalue weighted by molar-refractivity contribution is 0.102. The van der Waals surface area contributed by atoms with Crippen molar-refractivity contribution in [2.75, 3.05) is 5.32 Å². The van der Waals surface area contributed by atoms with Crippen molar-refractivity contribution in [1.82, 2.24) is 9.97 Å². The topological polar surface area (TPSA) is 80.9 Å². The van der Waals surface area contributed by atoms with Crippen LogP contribution in [0.1, 0.15) is 15.9 Å². The summed E-state index contributed by atoms with van der Waals surface area (Å²) >= 11 is 4.81. The zero-order valence-corrected chi connectivity index (χ0v) is 10.4. The first-order chi connectivity index (χ1) is 9.08. The van der Waals surface area contributed by atoms with Gasteiger partial charge >= 0.3 is 0 Å². The van der Waals surface area contributed by atoms with Crippen LogP contribution in [0.2, 0.25) is 0 Å². The molecule has 3 N–H and O–H groups in total. The van der Waals surface area contributed by atoms with E-state index in [1.807, 2.05) is 0 Å². The first kappa shape index (κ1) is 13.0. The van der Waals surface area contributed by atoms with Crippen LogP contribution in [0.15, 0.2) is 36.9 Å². The van der Waals surface area contributed by atoms with Crippen LogP contribution in [0.5, 0.6) is 0 Å². The van der Waals surface area contributed by atoms with Gasteiger partial charge in [0, 0.05) is 18.0 Å². The van der Waals surface area contributed by atoms with Crippen molar-refractivity contribution >= 4 is 28.8 Å². The number of nitrogens with zero attached hydrogens (tertiary/aromatic N) is 2. The van der Waals surface area contributed by atoms with Crippen LogP contribution in [-0.2, 0) is 0 Å². The second kappa shape index (κ2) is 5.49. The van der Waals surface area contributed by atoms with E-state index in [-0.39, 0.29) is 16.1 Å². The molecule has 0 unspecified atom stereocenters. The Labute approximate surface area is 113 Å². The van der Waals surface area contributed by atoms with Crippen LogP contribution in [0.4, 0.5) is 10.1 Å². The quantitative estimate of drug-likeness (QED) is 0.830. The van der Waals surface area contributed by atoms with E-state index >= 15 is 0 Å². The molecule has 0 bridgehead atoms. The molecule has 1 heterocycles. The van der Waals surface area contributed by atoms with Gasteiger partial charge in [-0.2, -0.15) is 0 Å². The van der Waals surface area contributed by atoms with E-state index in [4.69, 9.17) is 18.0 Å². The van der Waals surface area contributed by atoms with Crippen molar-refractivity contribution in [2.24, 2.45) is 5.73 Å². The summed E-state index contributed by atoms with van der Waals surface area (Å²) in [4.78, 5) is 19.4. The molecule has 0 aliphatic rings. The molecule has 7 heteroatoms. The van der Waals surface area contributed by atoms with Crippen molar-refractivity contribution in [3.05, 3.63) is 53.9 Å². The number of hydrogen-bond donors (Lipinski definition) is 2. The van der Waals surface area contributed by atoms with Crippen molar-refractivity contribution in [3.8, 4) is 0 Å². The fourth-order valence-corrected chi connectivity index (χ4v) is 1.61. The Hall–Kier alpha value is -2.41. The number of amides is 1. The monoisotopic (exact) mass is 276 g/mol. The van der Waals surface area contributed by atoms with Gasteiger partial charge in [-0.1, -0.05) is 12.2 Å². The maximum Gasteiger partial charge on any atom is 0.258 e. The van der Waals surface area contributed by atoms with Gasteiger partial charge in [-0.25, -0.2) is 14.4 Å². The zero-order chi connectivity index (χ0) is 13.8. The molecular weight excluding hydrogens is 267 g/mol. The van der Waals surface area contributed by atoms with E-state index < -0.39 is 11.7 Å². The van der Waals surface area contributed by atoms with Gasteiger partial charge in [0.25, 0.3) is 5.91 Å². The molecule has 19 heavy (non-hydrogen) atoms. The molecule has 5 nitrogen and oxygen atoms in total. The number of benzene rings is 1. The van der Waals surface area contributed by atoms with Crippen molar-refractivity contribution in [2.45, 2.75) is 0 Å². The van der Waals surface area contributed by atoms with Gasteiger partial charge in [-0.3, -0.25) is 4.79 Å². The van der Waals surface area contributed by atoms with Crippen molar-refractivity contribution in [1.29, 1.82) is 0 Å². The third-order valence-corrected chi connectivity index (χ3v) is 2.54. The predicted molar refractivity (Wildman–Crippen MR) is 72.3 cm³/mol. The van der Waals surface area contributed by atoms with E-state index in [2.05, 4.69) is 15.3 Å². The minimum atomic E-state index is -0.483. The summed E-state index contributed by atoms with van der Waals surface area (Å²) in [5.41, 5.74) is 6.37. The third kappa shape index (κ3) is 3.08. The maximum atomic E-state index is 13.1. The lowest BCUT2D eigenvalue weighted by Crippen LogP contribution is -2.18. The average molecular weight is 276 g/mol. The SMILES string of the molecule is NC(=S)c1cc(F)ccc1NC(=O)c1cncnc1. The smallest absolute Gasteiger partial charge is 0.258 e. The van der Waals surface area contributed by atoms with Crippen molar-refractivity contribution in [3.63, 3.8) is 0 Å². The molecule has 0 saturated heterocycles. The Morgan fingerprint density at radius 2 is 2.00 bits per heavy atom. The molecule has 1 aromatic carbocycles. The number of thiocarbonyl (C=S) groups is 1. The molecule has 0 saturated carbocycles. The van der Waals surface area contributed by atoms with E-state index in [0.717, 1.165) is 0 Å². The fraction of sp³-hybridized carbons (Fsp3) is 0. The number of halogens is 1. The number of aromatic nitrogens is 2. The summed E-state index contributed by atoms with van der Waals surface area (Å²) in [5.74, 6) is -0.909. The second-order valence-electron chi connectivity index (χ2n) is 3.64. The molecule has 0 spiro atoms. The lowest BCUT2D eigenvalue weighted by atomic mass is 10.1. The summed E-state index contributed by atoms with van der Waals surface area (Å²) in [5, 5.41) is 2.58. The number of nitrogens with one attached hydrogen (secondary N) is 1. The number of anilines is 1. The first-order valence-electron chi connectivity index (χ1n) is 5.23. The molecule has 0 fully saturated rings. The van der Waals surface area contributed by atoms with Crippen LogP contribution < -0.4 is 11.1 Å². The van der Waals surface area contributed by atoms with E-state index in [9.17, 15) is 9.18 Å². The summed E-state index contributed by atoms with van der Waals surface area (Å²) in [6.45, 7) is 0. The normalized spacial score (nSPS) is 9.95. The van der Waals surface area contributed by atoms with Crippen molar-refractivity contribution < 1.29 is 9.18 Å². The standard InChI is InChI=1S/C12H9FN4OS/c13-8-1-2-10(9(3-8)11(14)19)17-12(18)7-4-15-6-16-5-7/h1-6H,(H2,14,19)(H,17,18). The Morgan fingerprint density at radius 1 is 1.32 bits per heavy atom. The van der Waals surface area contributed by atoms with Crippen LogP contribution in [0.25, 0.3) is 0 Å². The Morgan fingerprint density at radius 3 is 2.63 bits per heavy atom. The zero-order valence-electron chi connectivity index (χ0n) is 9.63. The van der Waals surface area contributed by atoms with E-state index in [1.54, 1.807) is 0 Å². The number of nitrogens with two attached hydrogens (primary N) is 1. The Balaban J connectivity index is 2.29. The Kier molecular flexibility index (Phi) is 3.76. The highest BCUT2D eigenvalue weighted by molar-refractivity contribution is 7.80. The molecule has 0 aliphatic carbocycles. The molecular formula is C12H9FN4OS. The number of carbonyl (C=O) groups excluding carboxylic acids is 1. The van der Waals surface area contributed by atoms with Gasteiger partial charge in [0.15, 0.2) is 0 Å². The van der Waals surface area contributed by atoms with E-state index in [1.165, 1.54) is 36.9 Å². The minimum Gasteiger partial charge on any atom is -0.389 e. The number of rotatable bonds is 3. The highest BCUT2D eigenvalue weighted by Gasteiger charge is 2.11. The largest absolute Gasteiger partial charge is 0.389 e. The Bertz CT molecular complexity index is 633. The highest BCUT2D eigenvalue weighted by atomic mass is 32.1. The summed E-state index contributed by atoms with van der Waals surface area (Å²) in [7, 11) is 0. The molecule has 0 aliphatic heterocycles. The van der Waals surface area contributed by atoms with E-state index in [0.29, 0.717) is 5.69 Å². The minimum absolute atomic E-state index is 0.000823. The summed E-state index contributed by atoms with van der Waals surface area (Å²) in [6, 6.07) is 3.77. The van der Waals surface area contributed by atoms with Crippen LogP contribution in [0.3, 0.4) is 0 Å². The molecule has 0 atom stereocenters. The molecule has 96 valence electrons. The summed E-state index contributed by atoms with van der Waals surface area (Å²) in [6.07, 6.45) is 4.05. The summed E-state index contributed by atoms with van der Waals surface area (Å²) < 4.78 is 13.1. The maximum absolute atomic E-state index is 13.1. The average Bonchev–Trinajstić information content (AvgIpc) is 2.41. The van der Waals surface area contributed by atoms with Gasteiger partial charge in [0.2, 0.25) is 0 Å². The van der Waals surface area contributed by atoms with Crippen LogP contribution >= 0.6 is 12.2 Å². The second-order valence-corrected chi connectivity index (χ2v) is 4.08. The van der Waals surface area contributed by atoms with Gasteiger partial charge in [-0.05, 0) is 18.2 Å². The number of hydrogen-bond acceptors (Lipinski definition) is 4. The van der Waals surface area contributed by atoms with Gasteiger partial charge in [0.05, 0.1) is 11.3 Å². The third-order valence-electron chi connectivity index (χ3n) is 2.32. The fourth-order valence-electron chi connectivity index (χ4n) is 1.44. The van der Waals surface area contributed by atoms with Gasteiger partial charge < -0.3 is 11.1 Å². The molecule has 2 rings (SSSR count). The van der Waals surface area contributed by atoms with Gasteiger partial charge in [0.1, 0.15) is 17.1 Å². The molecule has 1 aromatic heterocycles. The van der Waals surface area contributed by atoms with Crippen LogP contribution in [0, 0.1) is 5.82 Å². The highest BCUT2D eigenvalue weighted by Crippen LogP contribution is 2.17. The lowest BCUT2D eigenvalue weighted by Gasteiger charge is -2.09. The number of carbonyl (C=O) groups is 1. The van der Waals surface area contributed by atoms with Crippen LogP contribution in [-0.4, -0.2) is 20.9 Å². The van der Waals surface area contributed by atoms with Gasteiger partial charge in [-0.15, -0.1) is 0 Å². The predicted octanol–water partition coefficient (Wildman–Crippen LogP) is 1.50. The molecule has 0 radical (unpaired) electrons. The first-order valence-corrected chi connectivity index (χ1v) is 5.64. The molecule has 2 aromatic rings.